The second-order valence-corrected chi connectivity index (χ2v) is 7.38. The zero-order chi connectivity index (χ0) is 21.9. The van der Waals surface area contributed by atoms with E-state index >= 15 is 0 Å². The van der Waals surface area contributed by atoms with Gasteiger partial charge in [0.15, 0.2) is 0 Å². The number of carbonyl (C=O) groups excluding carboxylic acids is 1. The van der Waals surface area contributed by atoms with Gasteiger partial charge < -0.3 is 4.74 Å². The van der Waals surface area contributed by atoms with Crippen LogP contribution in [0.4, 0.5) is 13.2 Å². The molecule has 0 unspecified atom stereocenters. The Morgan fingerprint density at radius 2 is 1.70 bits per heavy atom. The number of alkyl halides is 3. The molecule has 0 bridgehead atoms. The number of hydrogen-bond donors (Lipinski definition) is 0. The molecule has 3 rings (SSSR count). The first kappa shape index (κ1) is 21.5. The zero-order valence-electron chi connectivity index (χ0n) is 16.4. The van der Waals surface area contributed by atoms with Crippen LogP contribution in [-0.2, 0) is 21.5 Å². The molecule has 0 saturated heterocycles. The van der Waals surface area contributed by atoms with Gasteiger partial charge in [-0.15, -0.1) is 5.10 Å². The van der Waals surface area contributed by atoms with Crippen LogP contribution in [-0.4, -0.2) is 33.2 Å². The average Bonchev–Trinajstić information content (AvgIpc) is 2.71. The van der Waals surface area contributed by atoms with Gasteiger partial charge in [0.2, 0.25) is 6.10 Å². The van der Waals surface area contributed by atoms with Crippen molar-refractivity contribution < 1.29 is 22.7 Å². The van der Waals surface area contributed by atoms with Gasteiger partial charge in [-0.25, -0.2) is 4.68 Å². The Balaban J connectivity index is 1.76. The quantitative estimate of drug-likeness (QED) is 0.571. The van der Waals surface area contributed by atoms with Crippen molar-refractivity contribution in [2.45, 2.75) is 44.5 Å². The van der Waals surface area contributed by atoms with Gasteiger partial charge >= 0.3 is 12.1 Å². The van der Waals surface area contributed by atoms with Crippen molar-refractivity contribution in [3.63, 3.8) is 0 Å². The highest BCUT2D eigenvalue weighted by atomic mass is 19.4. The number of hydrogen-bond acceptors (Lipinski definition) is 5. The average molecular weight is 419 g/mol. The molecule has 1 heterocycles. The van der Waals surface area contributed by atoms with Crippen molar-refractivity contribution in [3.8, 4) is 0 Å². The van der Waals surface area contributed by atoms with E-state index in [0.717, 1.165) is 4.68 Å². The van der Waals surface area contributed by atoms with Crippen LogP contribution in [0.1, 0.15) is 25.8 Å². The van der Waals surface area contributed by atoms with Gasteiger partial charge in [-0.05, 0) is 17.7 Å². The molecule has 0 aliphatic heterocycles. The molecule has 0 spiro atoms. The van der Waals surface area contributed by atoms with Crippen LogP contribution in [0.3, 0.4) is 0 Å². The number of benzene rings is 2. The maximum atomic E-state index is 13.7. The summed E-state index contributed by atoms with van der Waals surface area (Å²) in [7, 11) is 0. The van der Waals surface area contributed by atoms with Crippen molar-refractivity contribution in [2.24, 2.45) is 0 Å². The van der Waals surface area contributed by atoms with Crippen LogP contribution in [0.15, 0.2) is 59.4 Å². The topological polar surface area (TPSA) is 74.1 Å². The first-order chi connectivity index (χ1) is 14.1. The third kappa shape index (κ3) is 4.50. The first-order valence-electron chi connectivity index (χ1n) is 9.25. The number of halogens is 3. The maximum Gasteiger partial charge on any atom is 0.426 e. The highest BCUT2D eigenvalue weighted by molar-refractivity contribution is 5.76. The fourth-order valence-electron chi connectivity index (χ4n) is 3.20. The lowest BCUT2D eigenvalue weighted by Crippen LogP contribution is -2.48. The molecule has 6 nitrogen and oxygen atoms in total. The highest BCUT2D eigenvalue weighted by Gasteiger charge is 2.52. The minimum atomic E-state index is -4.77. The normalized spacial score (nSPS) is 13.2. The fraction of sp³-hybridized carbons (Fsp3) is 0.333. The molecule has 0 aliphatic rings. The molecule has 2 aromatic carbocycles. The summed E-state index contributed by atoms with van der Waals surface area (Å²) in [6.45, 7) is 2.49. The predicted octanol–water partition coefficient (Wildman–Crippen LogP) is 3.63. The molecule has 1 atom stereocenters. The van der Waals surface area contributed by atoms with Crippen LogP contribution in [0.25, 0.3) is 10.9 Å². The number of nitrogens with zero attached hydrogens (tertiary/aromatic N) is 3. The number of aromatic nitrogens is 3. The van der Waals surface area contributed by atoms with Gasteiger partial charge in [0.1, 0.15) is 5.52 Å². The maximum absolute atomic E-state index is 13.7. The highest BCUT2D eigenvalue weighted by Crippen LogP contribution is 2.39. The Labute approximate surface area is 170 Å². The number of rotatable bonds is 6. The Kier molecular flexibility index (Phi) is 5.91. The summed E-state index contributed by atoms with van der Waals surface area (Å²) < 4.78 is 46.9. The Morgan fingerprint density at radius 3 is 2.37 bits per heavy atom. The van der Waals surface area contributed by atoms with Crippen LogP contribution in [0.5, 0.6) is 0 Å². The molecule has 0 N–H and O–H groups in total. The lowest BCUT2D eigenvalue weighted by atomic mass is 9.79. The molecule has 0 radical (unpaired) electrons. The second kappa shape index (κ2) is 8.25. The van der Waals surface area contributed by atoms with E-state index in [0.29, 0.717) is 16.5 Å². The molecule has 9 heteroatoms. The van der Waals surface area contributed by atoms with Crippen LogP contribution >= 0.6 is 0 Å². The number of esters is 1. The molecular formula is C21H20F3N3O3. The zero-order valence-corrected chi connectivity index (χ0v) is 16.4. The van der Waals surface area contributed by atoms with Crippen molar-refractivity contribution in [2.75, 3.05) is 0 Å². The second-order valence-electron chi connectivity index (χ2n) is 7.38. The van der Waals surface area contributed by atoms with Gasteiger partial charge in [0.05, 0.1) is 18.4 Å². The summed E-state index contributed by atoms with van der Waals surface area (Å²) in [5.74, 6) is -1.08. The summed E-state index contributed by atoms with van der Waals surface area (Å²) in [5.41, 5.74) is -1.21. The number of aryl methyl sites for hydroxylation is 1. The predicted molar refractivity (Wildman–Crippen MR) is 104 cm³/mol. The SMILES string of the molecule is CC(C)(c1ccccc1)[C@@H](OC(=O)CCn1nnc2ccccc2c1=O)C(F)(F)F. The van der Waals surface area contributed by atoms with Gasteiger partial charge in [-0.2, -0.15) is 13.2 Å². The van der Waals surface area contributed by atoms with Gasteiger partial charge in [-0.1, -0.05) is 61.5 Å². The van der Waals surface area contributed by atoms with Crippen LogP contribution in [0.2, 0.25) is 0 Å². The van der Waals surface area contributed by atoms with Crippen molar-refractivity contribution in [3.05, 3.63) is 70.5 Å². The lowest BCUT2D eigenvalue weighted by Gasteiger charge is -2.35. The number of ether oxygens (including phenoxy) is 1. The van der Waals surface area contributed by atoms with Crippen LogP contribution in [0, 0.1) is 0 Å². The van der Waals surface area contributed by atoms with Crippen molar-refractivity contribution in [1.82, 2.24) is 15.0 Å². The first-order valence-corrected chi connectivity index (χ1v) is 9.25. The molecule has 0 fully saturated rings. The molecule has 0 aliphatic carbocycles. The molecule has 158 valence electrons. The van der Waals surface area contributed by atoms with Gasteiger partial charge in [0, 0.05) is 5.41 Å². The number of carbonyl (C=O) groups is 1. The largest absolute Gasteiger partial charge is 0.452 e. The summed E-state index contributed by atoms with van der Waals surface area (Å²) >= 11 is 0. The smallest absolute Gasteiger partial charge is 0.426 e. The van der Waals surface area contributed by atoms with E-state index in [-0.39, 0.29) is 6.54 Å². The minimum absolute atomic E-state index is 0.244. The van der Waals surface area contributed by atoms with E-state index in [2.05, 4.69) is 10.3 Å². The Bertz CT molecular complexity index is 1100. The fourth-order valence-corrected chi connectivity index (χ4v) is 3.20. The molecular weight excluding hydrogens is 399 g/mol. The van der Waals surface area contributed by atoms with E-state index in [4.69, 9.17) is 4.74 Å². The lowest BCUT2D eigenvalue weighted by molar-refractivity contribution is -0.236. The summed E-state index contributed by atoms with van der Waals surface area (Å²) in [6.07, 6.45) is -7.57. The Morgan fingerprint density at radius 1 is 1.07 bits per heavy atom. The van der Waals surface area contributed by atoms with E-state index in [9.17, 15) is 22.8 Å². The van der Waals surface area contributed by atoms with E-state index < -0.39 is 35.6 Å². The molecule has 30 heavy (non-hydrogen) atoms. The van der Waals surface area contributed by atoms with Crippen molar-refractivity contribution in [1.29, 1.82) is 0 Å². The third-order valence-electron chi connectivity index (χ3n) is 4.88. The van der Waals surface area contributed by atoms with E-state index in [1.807, 2.05) is 0 Å². The van der Waals surface area contributed by atoms with Crippen LogP contribution < -0.4 is 5.56 Å². The van der Waals surface area contributed by atoms with E-state index in [1.165, 1.54) is 13.8 Å². The third-order valence-corrected chi connectivity index (χ3v) is 4.88. The molecule has 0 saturated carbocycles. The molecule has 1 aromatic heterocycles. The van der Waals surface area contributed by atoms with E-state index in [1.54, 1.807) is 54.6 Å². The minimum Gasteiger partial charge on any atom is -0.452 e. The number of fused-ring (bicyclic) bond motifs is 1. The molecule has 0 amide bonds. The Hall–Kier alpha value is -3.23. The standard InChI is InChI=1S/C21H20F3N3O3/c1-20(2,14-8-4-3-5-9-14)19(21(22,23)24)30-17(28)12-13-27-18(29)15-10-6-7-11-16(15)25-26-27/h3-11,19H,12-13H2,1-2H3/t19-/m1/s1. The van der Waals surface area contributed by atoms with Crippen molar-refractivity contribution >= 4 is 16.9 Å². The van der Waals surface area contributed by atoms with Gasteiger partial charge in [0.25, 0.3) is 5.56 Å². The summed E-state index contributed by atoms with van der Waals surface area (Å²) in [4.78, 5) is 24.6. The van der Waals surface area contributed by atoms with Gasteiger partial charge in [-0.3, -0.25) is 9.59 Å². The summed E-state index contributed by atoms with van der Waals surface area (Å²) in [6, 6.07) is 14.6. The monoisotopic (exact) mass is 419 g/mol. The molecule has 3 aromatic rings. The summed E-state index contributed by atoms with van der Waals surface area (Å²) in [5, 5.41) is 7.91.